The lowest BCUT2D eigenvalue weighted by atomic mass is 10.1. The average Bonchev–Trinajstić information content (AvgIpc) is 2.01. The fourth-order valence-electron chi connectivity index (χ4n) is 1.13. The van der Waals surface area contributed by atoms with Crippen molar-refractivity contribution in [3.05, 3.63) is 0 Å². The number of nitrogens with zero attached hydrogens (tertiary/aromatic N) is 2. The van der Waals surface area contributed by atoms with Crippen LogP contribution in [0, 0.1) is 0 Å². The first-order valence-corrected chi connectivity index (χ1v) is 5.47. The molecule has 0 aliphatic heterocycles. The van der Waals surface area contributed by atoms with Gasteiger partial charge in [0.05, 0.1) is 5.38 Å². The van der Waals surface area contributed by atoms with Crippen molar-refractivity contribution in [2.45, 2.75) is 17.8 Å². The third kappa shape index (κ3) is 9.98. The lowest BCUT2D eigenvalue weighted by molar-refractivity contribution is 0.287. The predicted octanol–water partition coefficient (Wildman–Crippen LogP) is 2.56. The van der Waals surface area contributed by atoms with Crippen molar-refractivity contribution in [3.8, 4) is 0 Å². The van der Waals surface area contributed by atoms with Crippen LogP contribution >= 0.6 is 48.0 Å². The molecule has 2 nitrogen and oxygen atoms in total. The zero-order valence-electron chi connectivity index (χ0n) is 9.74. The Kier molecular flexibility index (Phi) is 16.5. The molecule has 0 aromatic rings. The SMILES string of the molecule is CN(C)CCC(Cl)C(CCl)N(C)C.Cl.Cl. The molecule has 0 amide bonds. The van der Waals surface area contributed by atoms with Crippen molar-refractivity contribution in [2.75, 3.05) is 40.6 Å². The predicted molar refractivity (Wildman–Crippen MR) is 75.5 cm³/mol. The Morgan fingerprint density at radius 2 is 1.53 bits per heavy atom. The standard InChI is InChI=1S/C9H20Cl2N2.2ClH/c1-12(2)6-5-8(11)9(7-10)13(3)4;;/h8-9H,5-7H2,1-4H3;2*1H. The fourth-order valence-corrected chi connectivity index (χ4v) is 2.13. The van der Waals surface area contributed by atoms with Gasteiger partial charge in [0, 0.05) is 11.9 Å². The minimum absolute atomic E-state index is 0. The molecule has 0 heterocycles. The summed E-state index contributed by atoms with van der Waals surface area (Å²) in [4.78, 5) is 4.22. The highest BCUT2D eigenvalue weighted by molar-refractivity contribution is 6.23. The van der Waals surface area contributed by atoms with Gasteiger partial charge in [-0.3, -0.25) is 0 Å². The second-order valence-corrected chi connectivity index (χ2v) is 4.66. The summed E-state index contributed by atoms with van der Waals surface area (Å²) in [5.74, 6) is 0.592. The first-order chi connectivity index (χ1) is 5.99. The molecule has 0 aromatic carbocycles. The summed E-state index contributed by atoms with van der Waals surface area (Å²) < 4.78 is 0. The molecule has 0 spiro atoms. The summed E-state index contributed by atoms with van der Waals surface area (Å²) in [6.45, 7) is 1.01. The molecule has 15 heavy (non-hydrogen) atoms. The number of rotatable bonds is 6. The minimum Gasteiger partial charge on any atom is -0.309 e. The molecule has 2 unspecified atom stereocenters. The smallest absolute Gasteiger partial charge is 0.0515 e. The van der Waals surface area contributed by atoms with Gasteiger partial charge in [0.1, 0.15) is 0 Å². The molecule has 0 aromatic heterocycles. The molecule has 0 aliphatic carbocycles. The van der Waals surface area contributed by atoms with E-state index in [2.05, 4.69) is 23.9 Å². The fraction of sp³-hybridized carbons (Fsp3) is 1.00. The van der Waals surface area contributed by atoms with E-state index in [0.717, 1.165) is 13.0 Å². The molecule has 0 aliphatic rings. The monoisotopic (exact) mass is 298 g/mol. The van der Waals surface area contributed by atoms with Crippen LogP contribution in [0.4, 0.5) is 0 Å². The van der Waals surface area contributed by atoms with Gasteiger partial charge in [-0.25, -0.2) is 0 Å². The van der Waals surface area contributed by atoms with Crippen LogP contribution in [0.25, 0.3) is 0 Å². The Labute approximate surface area is 116 Å². The highest BCUT2D eigenvalue weighted by Gasteiger charge is 2.20. The molecule has 2 atom stereocenters. The van der Waals surface area contributed by atoms with Crippen LogP contribution in [0.3, 0.4) is 0 Å². The van der Waals surface area contributed by atoms with E-state index in [-0.39, 0.29) is 36.2 Å². The van der Waals surface area contributed by atoms with Crippen molar-refractivity contribution in [2.24, 2.45) is 0 Å². The molecule has 0 saturated carbocycles. The Morgan fingerprint density at radius 1 is 1.07 bits per heavy atom. The molecule has 6 heteroatoms. The van der Waals surface area contributed by atoms with Crippen LogP contribution < -0.4 is 0 Å². The van der Waals surface area contributed by atoms with Crippen LogP contribution in [0.5, 0.6) is 0 Å². The minimum atomic E-state index is 0. The summed E-state index contributed by atoms with van der Waals surface area (Å²) in [6, 6.07) is 0.267. The molecule has 0 rings (SSSR count). The van der Waals surface area contributed by atoms with E-state index < -0.39 is 0 Å². The molecule has 0 N–H and O–H groups in total. The Morgan fingerprint density at radius 3 is 1.80 bits per heavy atom. The average molecular weight is 300 g/mol. The lowest BCUT2D eigenvalue weighted by Crippen LogP contribution is -2.39. The van der Waals surface area contributed by atoms with Gasteiger partial charge in [-0.15, -0.1) is 48.0 Å². The summed E-state index contributed by atoms with van der Waals surface area (Å²) >= 11 is 12.1. The van der Waals surface area contributed by atoms with Gasteiger partial charge < -0.3 is 9.80 Å². The lowest BCUT2D eigenvalue weighted by Gasteiger charge is -2.27. The maximum Gasteiger partial charge on any atom is 0.0515 e. The molecule has 0 bridgehead atoms. The van der Waals surface area contributed by atoms with Gasteiger partial charge >= 0.3 is 0 Å². The van der Waals surface area contributed by atoms with Crippen molar-refractivity contribution >= 4 is 48.0 Å². The Bertz CT molecular complexity index is 133. The first kappa shape index (κ1) is 21.4. The van der Waals surface area contributed by atoms with Gasteiger partial charge in [-0.2, -0.15) is 0 Å². The highest BCUT2D eigenvalue weighted by atomic mass is 35.5. The molecule has 0 saturated heterocycles. The maximum absolute atomic E-state index is 6.23. The molecule has 0 fully saturated rings. The van der Waals surface area contributed by atoms with Gasteiger partial charge in [-0.1, -0.05) is 0 Å². The van der Waals surface area contributed by atoms with Crippen molar-refractivity contribution in [1.29, 1.82) is 0 Å². The third-order valence-corrected chi connectivity index (χ3v) is 2.92. The summed E-state index contributed by atoms with van der Waals surface area (Å²) in [6.07, 6.45) is 0.976. The van der Waals surface area contributed by atoms with Crippen LogP contribution in [-0.2, 0) is 0 Å². The van der Waals surface area contributed by atoms with Crippen molar-refractivity contribution in [1.82, 2.24) is 9.80 Å². The number of halogens is 4. The van der Waals surface area contributed by atoms with E-state index in [9.17, 15) is 0 Å². The second-order valence-electron chi connectivity index (χ2n) is 3.79. The summed E-state index contributed by atoms with van der Waals surface area (Å²) in [7, 11) is 8.13. The van der Waals surface area contributed by atoms with Gasteiger partial charge in [0.2, 0.25) is 0 Å². The quantitative estimate of drug-likeness (QED) is 0.696. The normalized spacial score (nSPS) is 14.4. The van der Waals surface area contributed by atoms with E-state index in [0.29, 0.717) is 5.88 Å². The Hall–Kier alpha value is 1.08. The van der Waals surface area contributed by atoms with Gasteiger partial charge in [0.25, 0.3) is 0 Å². The van der Waals surface area contributed by atoms with E-state index in [1.54, 1.807) is 0 Å². The number of hydrogen-bond acceptors (Lipinski definition) is 2. The molecule has 0 radical (unpaired) electrons. The largest absolute Gasteiger partial charge is 0.309 e. The van der Waals surface area contributed by atoms with Crippen LogP contribution in [0.1, 0.15) is 6.42 Å². The zero-order valence-corrected chi connectivity index (χ0v) is 12.9. The van der Waals surface area contributed by atoms with Gasteiger partial charge in [-0.05, 0) is 41.2 Å². The van der Waals surface area contributed by atoms with Crippen LogP contribution in [0.2, 0.25) is 0 Å². The Balaban J connectivity index is -0.000000720. The van der Waals surface area contributed by atoms with Crippen molar-refractivity contribution < 1.29 is 0 Å². The summed E-state index contributed by atoms with van der Waals surface area (Å²) in [5.41, 5.74) is 0. The summed E-state index contributed by atoms with van der Waals surface area (Å²) in [5, 5.41) is 0.134. The van der Waals surface area contributed by atoms with E-state index in [1.807, 2.05) is 14.1 Å². The second kappa shape index (κ2) is 11.6. The van der Waals surface area contributed by atoms with Crippen LogP contribution in [0.15, 0.2) is 0 Å². The van der Waals surface area contributed by atoms with E-state index >= 15 is 0 Å². The van der Waals surface area contributed by atoms with E-state index in [1.165, 1.54) is 0 Å². The highest BCUT2D eigenvalue weighted by Crippen LogP contribution is 2.13. The van der Waals surface area contributed by atoms with Crippen LogP contribution in [-0.4, -0.2) is 61.8 Å². The topological polar surface area (TPSA) is 6.48 Å². The van der Waals surface area contributed by atoms with E-state index in [4.69, 9.17) is 23.2 Å². The van der Waals surface area contributed by atoms with Gasteiger partial charge in [0.15, 0.2) is 0 Å². The third-order valence-electron chi connectivity index (χ3n) is 2.09. The maximum atomic E-state index is 6.23. The molecule has 96 valence electrons. The number of hydrogen-bond donors (Lipinski definition) is 0. The molecular weight excluding hydrogens is 278 g/mol. The van der Waals surface area contributed by atoms with Crippen molar-refractivity contribution in [3.63, 3.8) is 0 Å². The molecular formula is C9H22Cl4N2. The number of alkyl halides is 2. The first-order valence-electron chi connectivity index (χ1n) is 4.50. The zero-order chi connectivity index (χ0) is 10.4.